The summed E-state index contributed by atoms with van der Waals surface area (Å²) in [6.45, 7) is 3.94. The van der Waals surface area contributed by atoms with Gasteiger partial charge >= 0.3 is 0 Å². The SMILES string of the molecule is CCC(=O)C(C)C/C=C/Cc1cccc2ccccc12. The third-order valence-corrected chi connectivity index (χ3v) is 3.77. The molecule has 0 fully saturated rings. The van der Waals surface area contributed by atoms with E-state index < -0.39 is 0 Å². The molecule has 0 aliphatic carbocycles. The molecule has 0 saturated carbocycles. The van der Waals surface area contributed by atoms with E-state index in [1.54, 1.807) is 0 Å². The summed E-state index contributed by atoms with van der Waals surface area (Å²) < 4.78 is 0. The van der Waals surface area contributed by atoms with Crippen molar-refractivity contribution in [1.82, 2.24) is 0 Å². The molecular weight excluding hydrogens is 244 g/mol. The van der Waals surface area contributed by atoms with Crippen LogP contribution in [0.25, 0.3) is 10.8 Å². The van der Waals surface area contributed by atoms with Crippen molar-refractivity contribution < 1.29 is 4.79 Å². The summed E-state index contributed by atoms with van der Waals surface area (Å²) in [7, 11) is 0. The van der Waals surface area contributed by atoms with Gasteiger partial charge in [0, 0.05) is 12.3 Å². The zero-order chi connectivity index (χ0) is 14.4. The highest BCUT2D eigenvalue weighted by Gasteiger charge is 2.07. The zero-order valence-corrected chi connectivity index (χ0v) is 12.3. The topological polar surface area (TPSA) is 17.1 Å². The number of ketones is 1. The second-order valence-electron chi connectivity index (χ2n) is 5.27. The van der Waals surface area contributed by atoms with Gasteiger partial charge in [-0.05, 0) is 29.2 Å². The average molecular weight is 266 g/mol. The van der Waals surface area contributed by atoms with E-state index >= 15 is 0 Å². The predicted molar refractivity (Wildman–Crippen MR) is 85.9 cm³/mol. The molecule has 2 aromatic rings. The lowest BCUT2D eigenvalue weighted by Gasteiger charge is -2.05. The van der Waals surface area contributed by atoms with Crippen LogP contribution >= 0.6 is 0 Å². The molecule has 0 radical (unpaired) electrons. The molecule has 0 aliphatic heterocycles. The first-order valence-electron chi connectivity index (χ1n) is 7.36. The Morgan fingerprint density at radius 3 is 2.65 bits per heavy atom. The van der Waals surface area contributed by atoms with Gasteiger partial charge in [-0.25, -0.2) is 0 Å². The minimum Gasteiger partial charge on any atom is -0.299 e. The van der Waals surface area contributed by atoms with Gasteiger partial charge in [-0.3, -0.25) is 4.79 Å². The number of carbonyl (C=O) groups excluding carboxylic acids is 1. The van der Waals surface area contributed by atoms with E-state index in [-0.39, 0.29) is 5.92 Å². The van der Waals surface area contributed by atoms with Crippen LogP contribution in [0.1, 0.15) is 32.3 Å². The minimum atomic E-state index is 0.142. The van der Waals surface area contributed by atoms with Gasteiger partial charge in [0.15, 0.2) is 0 Å². The molecule has 0 amide bonds. The molecule has 1 nitrogen and oxygen atoms in total. The average Bonchev–Trinajstić information content (AvgIpc) is 2.50. The van der Waals surface area contributed by atoms with Gasteiger partial charge in [-0.1, -0.05) is 68.5 Å². The molecule has 1 heteroatoms. The molecule has 0 aliphatic rings. The van der Waals surface area contributed by atoms with E-state index in [0.717, 1.165) is 12.8 Å². The van der Waals surface area contributed by atoms with Crippen LogP contribution in [0.15, 0.2) is 54.6 Å². The summed E-state index contributed by atoms with van der Waals surface area (Å²) in [4.78, 5) is 11.5. The fourth-order valence-electron chi connectivity index (χ4n) is 2.46. The zero-order valence-electron chi connectivity index (χ0n) is 12.3. The van der Waals surface area contributed by atoms with Gasteiger partial charge in [-0.2, -0.15) is 0 Å². The van der Waals surface area contributed by atoms with Crippen LogP contribution in [0.3, 0.4) is 0 Å². The van der Waals surface area contributed by atoms with Gasteiger partial charge in [0.05, 0.1) is 0 Å². The summed E-state index contributed by atoms with van der Waals surface area (Å²) in [5.74, 6) is 0.489. The standard InChI is InChI=1S/C19H22O/c1-3-19(20)15(2)9-4-5-10-16-12-8-13-17-11-6-7-14-18(16)17/h4-8,11-15H,3,9-10H2,1-2H3/b5-4+. The number of fused-ring (bicyclic) bond motifs is 1. The highest BCUT2D eigenvalue weighted by atomic mass is 16.1. The maximum atomic E-state index is 11.5. The normalized spacial score (nSPS) is 12.9. The number of hydrogen-bond donors (Lipinski definition) is 0. The van der Waals surface area contributed by atoms with Crippen LogP contribution < -0.4 is 0 Å². The molecule has 1 unspecified atom stereocenters. The Bertz CT molecular complexity index is 605. The molecular formula is C19H22O. The van der Waals surface area contributed by atoms with E-state index in [1.807, 2.05) is 13.8 Å². The van der Waals surface area contributed by atoms with Crippen LogP contribution in [0, 0.1) is 5.92 Å². The lowest BCUT2D eigenvalue weighted by atomic mass is 9.99. The molecule has 20 heavy (non-hydrogen) atoms. The van der Waals surface area contributed by atoms with Gasteiger partial charge in [0.2, 0.25) is 0 Å². The summed E-state index contributed by atoms with van der Waals surface area (Å²) >= 11 is 0. The van der Waals surface area contributed by atoms with Crippen molar-refractivity contribution in [2.45, 2.75) is 33.1 Å². The Hall–Kier alpha value is -1.89. The quantitative estimate of drug-likeness (QED) is 0.676. The third-order valence-electron chi connectivity index (χ3n) is 3.77. The first-order chi connectivity index (χ1) is 9.72. The van der Waals surface area contributed by atoms with Gasteiger partial charge in [0.1, 0.15) is 5.78 Å². The van der Waals surface area contributed by atoms with E-state index in [1.165, 1.54) is 16.3 Å². The van der Waals surface area contributed by atoms with Crippen molar-refractivity contribution in [3.63, 3.8) is 0 Å². The number of Topliss-reactive ketones (excluding diaryl/α,β-unsaturated/α-hetero) is 1. The van der Waals surface area contributed by atoms with E-state index in [4.69, 9.17) is 0 Å². The van der Waals surface area contributed by atoms with Crippen molar-refractivity contribution in [3.05, 3.63) is 60.2 Å². The van der Waals surface area contributed by atoms with Crippen molar-refractivity contribution in [1.29, 1.82) is 0 Å². The number of allylic oxidation sites excluding steroid dienone is 2. The second kappa shape index (κ2) is 7.04. The Kier molecular flexibility index (Phi) is 5.11. The first-order valence-corrected chi connectivity index (χ1v) is 7.36. The van der Waals surface area contributed by atoms with Crippen molar-refractivity contribution in [3.8, 4) is 0 Å². The molecule has 0 spiro atoms. The van der Waals surface area contributed by atoms with E-state index in [9.17, 15) is 4.79 Å². The van der Waals surface area contributed by atoms with Crippen LogP contribution in [-0.2, 0) is 11.2 Å². The van der Waals surface area contributed by atoms with Crippen molar-refractivity contribution in [2.24, 2.45) is 5.92 Å². The molecule has 0 N–H and O–H groups in total. The van der Waals surface area contributed by atoms with E-state index in [2.05, 4.69) is 54.6 Å². The largest absolute Gasteiger partial charge is 0.299 e. The van der Waals surface area contributed by atoms with Gasteiger partial charge in [-0.15, -0.1) is 0 Å². The number of carbonyl (C=O) groups is 1. The van der Waals surface area contributed by atoms with Gasteiger partial charge < -0.3 is 0 Å². The van der Waals surface area contributed by atoms with Crippen molar-refractivity contribution in [2.75, 3.05) is 0 Å². The van der Waals surface area contributed by atoms with Crippen LogP contribution in [0.4, 0.5) is 0 Å². The second-order valence-corrected chi connectivity index (χ2v) is 5.27. The molecule has 104 valence electrons. The fourth-order valence-corrected chi connectivity index (χ4v) is 2.46. The smallest absolute Gasteiger partial charge is 0.135 e. The van der Waals surface area contributed by atoms with Crippen LogP contribution in [0.2, 0.25) is 0 Å². The number of benzene rings is 2. The Morgan fingerprint density at radius 1 is 1.10 bits per heavy atom. The van der Waals surface area contributed by atoms with Crippen LogP contribution in [0.5, 0.6) is 0 Å². The molecule has 2 aromatic carbocycles. The number of rotatable bonds is 6. The minimum absolute atomic E-state index is 0.142. The Morgan fingerprint density at radius 2 is 1.85 bits per heavy atom. The molecule has 1 atom stereocenters. The highest BCUT2D eigenvalue weighted by Crippen LogP contribution is 2.19. The summed E-state index contributed by atoms with van der Waals surface area (Å²) in [6.07, 6.45) is 6.73. The molecule has 2 rings (SSSR count). The third kappa shape index (κ3) is 3.57. The Balaban J connectivity index is 2.01. The highest BCUT2D eigenvalue weighted by molar-refractivity contribution is 5.85. The molecule has 0 bridgehead atoms. The molecule has 0 aromatic heterocycles. The molecule has 0 heterocycles. The fraction of sp³-hybridized carbons (Fsp3) is 0.316. The Labute approximate surface area is 121 Å². The van der Waals surface area contributed by atoms with E-state index in [0.29, 0.717) is 12.2 Å². The number of hydrogen-bond acceptors (Lipinski definition) is 1. The summed E-state index contributed by atoms with van der Waals surface area (Å²) in [6, 6.07) is 14.9. The maximum absolute atomic E-state index is 11.5. The molecule has 0 saturated heterocycles. The monoisotopic (exact) mass is 266 g/mol. The lowest BCUT2D eigenvalue weighted by molar-refractivity contribution is -0.121. The first kappa shape index (κ1) is 14.5. The predicted octanol–water partition coefficient (Wildman–Crippen LogP) is 4.94. The lowest BCUT2D eigenvalue weighted by Crippen LogP contribution is -2.07. The van der Waals surface area contributed by atoms with Crippen LogP contribution in [-0.4, -0.2) is 5.78 Å². The maximum Gasteiger partial charge on any atom is 0.135 e. The van der Waals surface area contributed by atoms with Gasteiger partial charge in [0.25, 0.3) is 0 Å². The summed E-state index contributed by atoms with van der Waals surface area (Å²) in [5.41, 5.74) is 1.34. The van der Waals surface area contributed by atoms with Crippen molar-refractivity contribution >= 4 is 16.6 Å². The summed E-state index contributed by atoms with van der Waals surface area (Å²) in [5, 5.41) is 2.60.